The highest BCUT2D eigenvalue weighted by atomic mass is 14.2. The zero-order valence-electron chi connectivity index (χ0n) is 13.2. The van der Waals surface area contributed by atoms with Crippen LogP contribution in [0.3, 0.4) is 0 Å². The van der Waals surface area contributed by atoms with Gasteiger partial charge in [0, 0.05) is 0 Å². The minimum absolute atomic E-state index is 1.07. The lowest BCUT2D eigenvalue weighted by Crippen LogP contribution is -1.99. The van der Waals surface area contributed by atoms with E-state index in [4.69, 9.17) is 0 Å². The Labute approximate surface area is 131 Å². The van der Waals surface area contributed by atoms with Crippen LogP contribution in [0, 0.1) is 0 Å². The molecule has 0 amide bonds. The average molecular weight is 284 g/mol. The monoisotopic (exact) mass is 284 g/mol. The summed E-state index contributed by atoms with van der Waals surface area (Å²) in [7, 11) is 0. The topological polar surface area (TPSA) is 0 Å². The Morgan fingerprint density at radius 2 is 1.32 bits per heavy atom. The van der Waals surface area contributed by atoms with E-state index in [1.807, 2.05) is 19.9 Å². The third-order valence-electron chi connectivity index (χ3n) is 4.12. The van der Waals surface area contributed by atoms with Gasteiger partial charge in [-0.2, -0.15) is 0 Å². The lowest BCUT2D eigenvalue weighted by Gasteiger charge is -2.04. The molecule has 2 aromatic rings. The summed E-state index contributed by atoms with van der Waals surface area (Å²) >= 11 is 0. The quantitative estimate of drug-likeness (QED) is 0.408. The minimum atomic E-state index is 1.07. The number of fused-ring (bicyclic) bond motifs is 3. The van der Waals surface area contributed by atoms with Gasteiger partial charge in [-0.15, -0.1) is 0 Å². The highest BCUT2D eigenvalue weighted by molar-refractivity contribution is 6.24. The SMILES string of the molecule is C=Cc1ccc2c3cccccc-3c3ccc(=C)c1c23.CC. The Morgan fingerprint density at radius 3 is 1.91 bits per heavy atom. The predicted molar refractivity (Wildman–Crippen MR) is 100 cm³/mol. The zero-order chi connectivity index (χ0) is 15.7. The summed E-state index contributed by atoms with van der Waals surface area (Å²) in [5.41, 5.74) is 3.76. The summed E-state index contributed by atoms with van der Waals surface area (Å²) < 4.78 is 0. The lowest BCUT2D eigenvalue weighted by molar-refractivity contribution is 1.50. The van der Waals surface area contributed by atoms with Crippen LogP contribution in [0.5, 0.6) is 0 Å². The summed E-state index contributed by atoms with van der Waals surface area (Å²) in [6.45, 7) is 12.1. The van der Waals surface area contributed by atoms with Crippen molar-refractivity contribution < 1.29 is 0 Å². The molecule has 0 aliphatic heterocycles. The third-order valence-corrected chi connectivity index (χ3v) is 4.12. The molecule has 2 aliphatic rings. The second-order valence-corrected chi connectivity index (χ2v) is 5.17. The molecule has 0 atom stereocenters. The van der Waals surface area contributed by atoms with Gasteiger partial charge in [0.05, 0.1) is 0 Å². The fourth-order valence-electron chi connectivity index (χ4n) is 3.23. The van der Waals surface area contributed by atoms with E-state index in [0.717, 1.165) is 10.8 Å². The molecule has 2 aliphatic carbocycles. The van der Waals surface area contributed by atoms with E-state index < -0.39 is 0 Å². The summed E-state index contributed by atoms with van der Waals surface area (Å²) in [5, 5.41) is 6.22. The lowest BCUT2D eigenvalue weighted by atomic mass is 10.00. The van der Waals surface area contributed by atoms with Crippen LogP contribution >= 0.6 is 0 Å². The van der Waals surface area contributed by atoms with Crippen LogP contribution in [-0.4, -0.2) is 0 Å². The van der Waals surface area contributed by atoms with Crippen LogP contribution in [0.2, 0.25) is 0 Å². The maximum Gasteiger partial charge on any atom is -0.00145 e. The Hall–Kier alpha value is -2.60. The van der Waals surface area contributed by atoms with Gasteiger partial charge in [-0.25, -0.2) is 0 Å². The maximum atomic E-state index is 4.19. The van der Waals surface area contributed by atoms with Crippen molar-refractivity contribution in [3.8, 4) is 11.1 Å². The molecule has 2 aromatic carbocycles. The fourth-order valence-corrected chi connectivity index (χ4v) is 3.23. The van der Waals surface area contributed by atoms with Gasteiger partial charge in [-0.3, -0.25) is 0 Å². The molecule has 0 saturated carbocycles. The van der Waals surface area contributed by atoms with Crippen LogP contribution in [-0.2, 0) is 0 Å². The molecule has 0 bridgehead atoms. The molecule has 0 radical (unpaired) electrons. The van der Waals surface area contributed by atoms with Gasteiger partial charge >= 0.3 is 0 Å². The van der Waals surface area contributed by atoms with Crippen molar-refractivity contribution in [3.63, 3.8) is 0 Å². The van der Waals surface area contributed by atoms with E-state index in [-0.39, 0.29) is 0 Å². The van der Waals surface area contributed by atoms with E-state index in [2.05, 4.69) is 67.8 Å². The van der Waals surface area contributed by atoms with E-state index in [0.29, 0.717) is 0 Å². The minimum Gasteiger partial charge on any atom is -0.0984 e. The second-order valence-electron chi connectivity index (χ2n) is 5.17. The predicted octanol–water partition coefficient (Wildman–Crippen LogP) is 5.90. The molecule has 108 valence electrons. The molecule has 0 aromatic heterocycles. The summed E-state index contributed by atoms with van der Waals surface area (Å²) in [5.74, 6) is 0. The van der Waals surface area contributed by atoms with E-state index in [1.165, 1.54) is 32.7 Å². The van der Waals surface area contributed by atoms with E-state index in [1.54, 1.807) is 0 Å². The summed E-state index contributed by atoms with van der Waals surface area (Å²) in [6, 6.07) is 19.3. The maximum absolute atomic E-state index is 4.19. The molecule has 4 rings (SSSR count). The van der Waals surface area contributed by atoms with Crippen LogP contribution in [0.4, 0.5) is 0 Å². The molecule has 0 N–H and O–H groups in total. The number of hydrogen-bond acceptors (Lipinski definition) is 0. The fraction of sp³-hybridized carbons (Fsp3) is 0.0909. The van der Waals surface area contributed by atoms with Crippen LogP contribution in [0.15, 0.2) is 61.2 Å². The number of hydrogen-bond donors (Lipinski definition) is 0. The Balaban J connectivity index is 0.000000693. The summed E-state index contributed by atoms with van der Waals surface area (Å²) in [6.07, 6.45) is 1.92. The van der Waals surface area contributed by atoms with Gasteiger partial charge in [-0.1, -0.05) is 87.7 Å². The number of benzene rings is 2. The second kappa shape index (κ2) is 5.65. The molecule has 0 heteroatoms. The first-order valence-electron chi connectivity index (χ1n) is 7.78. The van der Waals surface area contributed by atoms with Gasteiger partial charge in [0.15, 0.2) is 0 Å². The van der Waals surface area contributed by atoms with Crippen LogP contribution < -0.4 is 5.22 Å². The third kappa shape index (κ3) is 1.92. The largest absolute Gasteiger partial charge is 0.0984 e. The highest BCUT2D eigenvalue weighted by Crippen LogP contribution is 2.41. The van der Waals surface area contributed by atoms with Gasteiger partial charge in [-0.05, 0) is 43.5 Å². The number of rotatable bonds is 1. The Morgan fingerprint density at radius 1 is 0.727 bits per heavy atom. The van der Waals surface area contributed by atoms with E-state index >= 15 is 0 Å². The van der Waals surface area contributed by atoms with E-state index in [9.17, 15) is 0 Å². The molecule has 0 saturated heterocycles. The van der Waals surface area contributed by atoms with Crippen molar-refractivity contribution in [2.75, 3.05) is 0 Å². The van der Waals surface area contributed by atoms with Crippen molar-refractivity contribution >= 4 is 34.2 Å². The Kier molecular flexibility index (Phi) is 3.68. The first kappa shape index (κ1) is 14.3. The smallest absolute Gasteiger partial charge is 0.00145 e. The molecule has 0 fully saturated rings. The van der Waals surface area contributed by atoms with Gasteiger partial charge in [0.25, 0.3) is 0 Å². The summed E-state index contributed by atoms with van der Waals surface area (Å²) in [4.78, 5) is 0. The zero-order valence-corrected chi connectivity index (χ0v) is 13.2. The first-order valence-corrected chi connectivity index (χ1v) is 7.78. The first-order chi connectivity index (χ1) is 10.8. The van der Waals surface area contributed by atoms with Gasteiger partial charge < -0.3 is 0 Å². The highest BCUT2D eigenvalue weighted by Gasteiger charge is 2.16. The van der Waals surface area contributed by atoms with Crippen molar-refractivity contribution in [1.29, 1.82) is 0 Å². The van der Waals surface area contributed by atoms with Gasteiger partial charge in [0.2, 0.25) is 0 Å². The van der Waals surface area contributed by atoms with Crippen molar-refractivity contribution in [2.24, 2.45) is 0 Å². The molecular weight excluding hydrogens is 264 g/mol. The standard InChI is InChI=1S/C20H14.C2H6/c1-3-14-10-12-18-16-8-6-4-5-7-15(16)17-11-9-13(2)19(14)20(17)18;1-2/h3-12H,1-2H2;1-2H3. The molecule has 22 heavy (non-hydrogen) atoms. The molecule has 0 nitrogen and oxygen atoms in total. The average Bonchev–Trinajstić information content (AvgIpc) is 2.72. The van der Waals surface area contributed by atoms with Gasteiger partial charge in [0.1, 0.15) is 0 Å². The van der Waals surface area contributed by atoms with Crippen LogP contribution in [0.25, 0.3) is 45.3 Å². The normalized spacial score (nSPS) is 10.6. The Bertz CT molecular complexity index is 944. The van der Waals surface area contributed by atoms with Crippen molar-refractivity contribution in [1.82, 2.24) is 0 Å². The van der Waals surface area contributed by atoms with Crippen molar-refractivity contribution in [3.05, 3.63) is 72.0 Å². The molecule has 0 unspecified atom stereocenters. The van der Waals surface area contributed by atoms with Crippen molar-refractivity contribution in [2.45, 2.75) is 13.8 Å². The van der Waals surface area contributed by atoms with Crippen LogP contribution in [0.1, 0.15) is 19.4 Å². The molecule has 0 spiro atoms. The molecule has 0 heterocycles. The molecular formula is C22H20.